The van der Waals surface area contributed by atoms with Gasteiger partial charge in [0.1, 0.15) is 17.2 Å². The average molecular weight is 422 g/mol. The molecule has 4 rings (SSSR count). The number of hydrogen-bond donors (Lipinski definition) is 1. The van der Waals surface area contributed by atoms with Crippen molar-refractivity contribution in [3.05, 3.63) is 93.8 Å². The van der Waals surface area contributed by atoms with Gasteiger partial charge in [0, 0.05) is 24.7 Å². The third kappa shape index (κ3) is 4.30. The summed E-state index contributed by atoms with van der Waals surface area (Å²) < 4.78 is 27.3. The summed E-state index contributed by atoms with van der Waals surface area (Å²) in [6.07, 6.45) is 0.640. The van der Waals surface area contributed by atoms with Crippen LogP contribution in [0, 0.1) is 17.6 Å². The molecule has 2 heterocycles. The van der Waals surface area contributed by atoms with E-state index in [1.807, 2.05) is 30.3 Å². The molecule has 31 heavy (non-hydrogen) atoms. The molecule has 2 aromatic carbocycles. The van der Waals surface area contributed by atoms with Gasteiger partial charge in [0.05, 0.1) is 5.56 Å². The molecule has 3 aromatic rings. The van der Waals surface area contributed by atoms with Gasteiger partial charge in [-0.2, -0.15) is 0 Å². The molecule has 1 aromatic heterocycles. The van der Waals surface area contributed by atoms with E-state index in [0.29, 0.717) is 18.5 Å². The van der Waals surface area contributed by atoms with Gasteiger partial charge in [-0.1, -0.05) is 30.3 Å². The van der Waals surface area contributed by atoms with E-state index in [2.05, 4.69) is 4.98 Å². The topological polar surface area (TPSA) is 70.2 Å². The fourth-order valence-electron chi connectivity index (χ4n) is 3.85. The maximum atomic E-state index is 13.9. The second-order valence-electron chi connectivity index (χ2n) is 7.54. The second-order valence-corrected chi connectivity index (χ2v) is 7.54. The van der Waals surface area contributed by atoms with E-state index in [-0.39, 0.29) is 24.2 Å². The van der Waals surface area contributed by atoms with Gasteiger partial charge in [0.2, 0.25) is 0 Å². The van der Waals surface area contributed by atoms with Gasteiger partial charge in [-0.25, -0.2) is 8.78 Å². The van der Waals surface area contributed by atoms with Crippen LogP contribution in [-0.2, 0) is 0 Å². The van der Waals surface area contributed by atoms with Crippen molar-refractivity contribution in [3.8, 4) is 11.3 Å². The number of rotatable bonds is 4. The number of halogens is 2. The van der Waals surface area contributed by atoms with Gasteiger partial charge in [-0.3, -0.25) is 14.4 Å². The number of hydrogen-bond acceptors (Lipinski definition) is 3. The largest absolute Gasteiger partial charge is 0.338 e. The molecule has 1 fully saturated rings. The van der Waals surface area contributed by atoms with Crippen LogP contribution in [0.3, 0.4) is 0 Å². The number of pyridine rings is 1. The van der Waals surface area contributed by atoms with E-state index >= 15 is 0 Å². The van der Waals surface area contributed by atoms with Crippen molar-refractivity contribution in [2.75, 3.05) is 13.1 Å². The van der Waals surface area contributed by atoms with Crippen molar-refractivity contribution in [2.45, 2.75) is 12.8 Å². The number of aromatic nitrogens is 1. The Balaban J connectivity index is 1.44. The van der Waals surface area contributed by atoms with Crippen LogP contribution in [0.5, 0.6) is 0 Å². The Kier molecular flexibility index (Phi) is 5.75. The Morgan fingerprint density at radius 2 is 1.61 bits per heavy atom. The van der Waals surface area contributed by atoms with Crippen molar-refractivity contribution in [1.82, 2.24) is 9.88 Å². The molecule has 1 N–H and O–H groups in total. The SMILES string of the molecule is O=C(c1cc(F)ccc1F)C1CCN(C(=O)c2ccc(-c3ccccc3)[nH]c2=O)CC1. The molecule has 0 atom stereocenters. The first-order valence-electron chi connectivity index (χ1n) is 10.0. The fraction of sp³-hybridized carbons (Fsp3) is 0.208. The number of ketones is 1. The normalized spacial score (nSPS) is 14.5. The van der Waals surface area contributed by atoms with Crippen LogP contribution < -0.4 is 5.56 Å². The lowest BCUT2D eigenvalue weighted by Gasteiger charge is -2.31. The summed E-state index contributed by atoms with van der Waals surface area (Å²) in [6, 6.07) is 15.3. The summed E-state index contributed by atoms with van der Waals surface area (Å²) >= 11 is 0. The van der Waals surface area contributed by atoms with Gasteiger partial charge in [0.25, 0.3) is 11.5 Å². The standard InChI is InChI=1S/C24H20F2N2O3/c25-17-6-8-20(26)19(14-17)22(29)16-10-12-28(13-11-16)24(31)18-7-9-21(27-23(18)30)15-4-2-1-3-5-15/h1-9,14,16H,10-13H2,(H,27,30). The summed E-state index contributed by atoms with van der Waals surface area (Å²) in [7, 11) is 0. The number of aromatic amines is 1. The van der Waals surface area contributed by atoms with Crippen LogP contribution in [0.15, 0.2) is 65.5 Å². The molecule has 7 heteroatoms. The van der Waals surface area contributed by atoms with E-state index in [9.17, 15) is 23.2 Å². The number of Topliss-reactive ketones (excluding diaryl/α,β-unsaturated/α-hetero) is 1. The van der Waals surface area contributed by atoms with Gasteiger partial charge in [-0.05, 0) is 48.7 Å². The highest BCUT2D eigenvalue weighted by Gasteiger charge is 2.30. The third-order valence-electron chi connectivity index (χ3n) is 5.57. The number of piperidine rings is 1. The van der Waals surface area contributed by atoms with E-state index < -0.39 is 34.8 Å². The summed E-state index contributed by atoms with van der Waals surface area (Å²) in [6.45, 7) is 0.512. The molecule has 0 saturated carbocycles. The number of carbonyl (C=O) groups excluding carboxylic acids is 2. The van der Waals surface area contributed by atoms with Gasteiger partial charge in [0.15, 0.2) is 5.78 Å². The van der Waals surface area contributed by atoms with E-state index in [1.165, 1.54) is 11.0 Å². The molecule has 1 amide bonds. The number of nitrogens with one attached hydrogen (secondary N) is 1. The second kappa shape index (κ2) is 8.63. The molecular formula is C24H20F2N2O3. The number of H-pyrrole nitrogens is 1. The smallest absolute Gasteiger partial charge is 0.261 e. The molecule has 5 nitrogen and oxygen atoms in total. The van der Waals surface area contributed by atoms with Crippen LogP contribution >= 0.6 is 0 Å². The first kappa shape index (κ1) is 20.7. The van der Waals surface area contributed by atoms with E-state index in [0.717, 1.165) is 23.8 Å². The third-order valence-corrected chi connectivity index (χ3v) is 5.57. The van der Waals surface area contributed by atoms with Crippen molar-refractivity contribution in [1.29, 1.82) is 0 Å². The monoisotopic (exact) mass is 422 g/mol. The summed E-state index contributed by atoms with van der Waals surface area (Å²) in [5.41, 5.74) is 0.732. The Hall–Kier alpha value is -3.61. The van der Waals surface area contributed by atoms with Gasteiger partial charge in [-0.15, -0.1) is 0 Å². The zero-order valence-corrected chi connectivity index (χ0v) is 16.6. The number of carbonyl (C=O) groups is 2. The zero-order chi connectivity index (χ0) is 22.0. The van der Waals surface area contributed by atoms with Crippen LogP contribution in [0.25, 0.3) is 11.3 Å². The number of nitrogens with zero attached hydrogens (tertiary/aromatic N) is 1. The molecule has 0 spiro atoms. The minimum absolute atomic E-state index is 0.0284. The Morgan fingerprint density at radius 1 is 0.903 bits per heavy atom. The van der Waals surface area contributed by atoms with E-state index in [1.54, 1.807) is 6.07 Å². The number of benzene rings is 2. The highest BCUT2D eigenvalue weighted by atomic mass is 19.1. The fourth-order valence-corrected chi connectivity index (χ4v) is 3.85. The zero-order valence-electron chi connectivity index (χ0n) is 16.6. The maximum Gasteiger partial charge on any atom is 0.261 e. The predicted molar refractivity (Wildman–Crippen MR) is 112 cm³/mol. The Bertz CT molecular complexity index is 1180. The molecule has 0 unspecified atom stereocenters. The quantitative estimate of drug-likeness (QED) is 0.645. The lowest BCUT2D eigenvalue weighted by atomic mass is 9.88. The lowest BCUT2D eigenvalue weighted by Crippen LogP contribution is -2.42. The summed E-state index contributed by atoms with van der Waals surface area (Å²) in [5.74, 6) is -2.80. The molecule has 0 radical (unpaired) electrons. The van der Waals surface area contributed by atoms with E-state index in [4.69, 9.17) is 0 Å². The first-order valence-corrected chi connectivity index (χ1v) is 10.0. The maximum absolute atomic E-state index is 13.9. The van der Waals surface area contributed by atoms with Crippen LogP contribution in [0.4, 0.5) is 8.78 Å². The van der Waals surface area contributed by atoms with Crippen molar-refractivity contribution < 1.29 is 18.4 Å². The summed E-state index contributed by atoms with van der Waals surface area (Å²) in [4.78, 5) is 42.1. The molecular weight excluding hydrogens is 402 g/mol. The molecule has 0 aliphatic carbocycles. The van der Waals surface area contributed by atoms with Crippen molar-refractivity contribution in [2.24, 2.45) is 5.92 Å². The summed E-state index contributed by atoms with van der Waals surface area (Å²) in [5, 5.41) is 0. The lowest BCUT2D eigenvalue weighted by molar-refractivity contribution is 0.0647. The number of likely N-dealkylation sites (tertiary alicyclic amines) is 1. The molecule has 1 saturated heterocycles. The highest BCUT2D eigenvalue weighted by molar-refractivity contribution is 5.98. The van der Waals surface area contributed by atoms with Gasteiger partial charge < -0.3 is 9.88 Å². The van der Waals surface area contributed by atoms with Crippen LogP contribution in [0.1, 0.15) is 33.6 Å². The minimum atomic E-state index is -0.755. The highest BCUT2D eigenvalue weighted by Crippen LogP contribution is 2.24. The molecule has 0 bridgehead atoms. The van der Waals surface area contributed by atoms with Crippen molar-refractivity contribution >= 4 is 11.7 Å². The molecule has 1 aliphatic rings. The van der Waals surface area contributed by atoms with Crippen LogP contribution in [-0.4, -0.2) is 34.7 Å². The minimum Gasteiger partial charge on any atom is -0.338 e. The number of amides is 1. The predicted octanol–water partition coefficient (Wildman–Crippen LogP) is 4.06. The first-order chi connectivity index (χ1) is 14.9. The van der Waals surface area contributed by atoms with Crippen LogP contribution in [0.2, 0.25) is 0 Å². The van der Waals surface area contributed by atoms with Gasteiger partial charge >= 0.3 is 0 Å². The molecule has 158 valence electrons. The Morgan fingerprint density at radius 3 is 2.29 bits per heavy atom. The average Bonchev–Trinajstić information content (AvgIpc) is 2.80. The molecule has 1 aliphatic heterocycles. The van der Waals surface area contributed by atoms with Crippen molar-refractivity contribution in [3.63, 3.8) is 0 Å². The Labute approximate surface area is 177 Å².